The summed E-state index contributed by atoms with van der Waals surface area (Å²) in [5, 5.41) is 10.3. The van der Waals surface area contributed by atoms with Crippen molar-refractivity contribution in [2.24, 2.45) is 0 Å². The van der Waals surface area contributed by atoms with Crippen molar-refractivity contribution < 1.29 is 27.8 Å². The van der Waals surface area contributed by atoms with Crippen LogP contribution < -0.4 is 14.2 Å². The van der Waals surface area contributed by atoms with Crippen molar-refractivity contribution in [2.75, 3.05) is 11.3 Å². The number of carbonyl (C=O) groups is 1. The molecule has 1 atom stereocenters. The third-order valence-corrected chi connectivity index (χ3v) is 6.36. The van der Waals surface area contributed by atoms with Gasteiger partial charge in [0.15, 0.2) is 11.5 Å². The number of nitrogens with one attached hydrogen (secondary N) is 1. The number of ether oxygens (including phenoxy) is 2. The Kier molecular flexibility index (Phi) is 9.46. The van der Waals surface area contributed by atoms with Gasteiger partial charge < -0.3 is 14.6 Å². The summed E-state index contributed by atoms with van der Waals surface area (Å²) in [6.07, 6.45) is 4.02. The molecule has 0 spiro atoms. The number of benzene rings is 3. The second-order valence-corrected chi connectivity index (χ2v) is 9.42. The molecule has 0 saturated carbocycles. The predicted molar refractivity (Wildman–Crippen MR) is 136 cm³/mol. The van der Waals surface area contributed by atoms with Crippen LogP contribution in [0.3, 0.4) is 0 Å². The number of sulfonamides is 1. The molecule has 0 fully saturated rings. The normalized spacial score (nSPS) is 12.3. The highest BCUT2D eigenvalue weighted by molar-refractivity contribution is 7.92. The molecule has 0 aliphatic rings. The van der Waals surface area contributed by atoms with Crippen molar-refractivity contribution >= 4 is 27.8 Å². The molecule has 3 aromatic carbocycles. The van der Waals surface area contributed by atoms with E-state index in [1.807, 2.05) is 6.07 Å². The standard InChI is InChI=1S/C27H29NO6S/c1-2-27(30)34-26-16-7-6-15-25(26)33-19-9-12-23(29)18-17-21-10-8-11-22(20-21)28-35(31,32)24-13-4-3-5-14-24/h3-8,10-11,13-18,20,23,28-29H,2,9,12,19H2,1H3/b18-17+. The summed E-state index contributed by atoms with van der Waals surface area (Å²) in [5.41, 5.74) is 1.18. The molecule has 184 valence electrons. The lowest BCUT2D eigenvalue weighted by molar-refractivity contribution is -0.134. The number of aliphatic hydroxyl groups excluding tert-OH is 1. The summed E-state index contributed by atoms with van der Waals surface area (Å²) < 4.78 is 38.6. The molecular formula is C27H29NO6S. The molecule has 0 saturated heterocycles. The Labute approximate surface area is 206 Å². The predicted octanol–water partition coefficient (Wildman–Crippen LogP) is 5.04. The molecule has 0 heterocycles. The zero-order valence-electron chi connectivity index (χ0n) is 19.5. The summed E-state index contributed by atoms with van der Waals surface area (Å²) in [6, 6.07) is 22.0. The monoisotopic (exact) mass is 495 g/mol. The molecule has 3 aromatic rings. The Morgan fingerprint density at radius 2 is 1.71 bits per heavy atom. The van der Waals surface area contributed by atoms with Gasteiger partial charge in [0.2, 0.25) is 0 Å². The quantitative estimate of drug-likeness (QED) is 0.207. The minimum Gasteiger partial charge on any atom is -0.490 e. The first kappa shape index (κ1) is 26.0. The van der Waals surface area contributed by atoms with E-state index in [0.717, 1.165) is 5.56 Å². The zero-order chi connectivity index (χ0) is 25.1. The van der Waals surface area contributed by atoms with E-state index in [0.29, 0.717) is 36.6 Å². The molecule has 0 aliphatic heterocycles. The lowest BCUT2D eigenvalue weighted by Gasteiger charge is -2.12. The van der Waals surface area contributed by atoms with E-state index >= 15 is 0 Å². The third-order valence-electron chi connectivity index (χ3n) is 4.97. The van der Waals surface area contributed by atoms with Gasteiger partial charge in [-0.05, 0) is 54.8 Å². The van der Waals surface area contributed by atoms with Crippen LogP contribution in [0.1, 0.15) is 31.7 Å². The number of para-hydroxylation sites is 2. The van der Waals surface area contributed by atoms with Crippen LogP contribution in [0.25, 0.3) is 6.08 Å². The maximum Gasteiger partial charge on any atom is 0.311 e. The van der Waals surface area contributed by atoms with Crippen molar-refractivity contribution in [2.45, 2.75) is 37.2 Å². The second-order valence-electron chi connectivity index (χ2n) is 7.74. The Morgan fingerprint density at radius 3 is 2.46 bits per heavy atom. The SMILES string of the molecule is CCC(=O)Oc1ccccc1OCCCC(O)/C=C/c1cccc(NS(=O)(=O)c2ccccc2)c1. The van der Waals surface area contributed by atoms with Crippen LogP contribution in [0, 0.1) is 0 Å². The average Bonchev–Trinajstić information content (AvgIpc) is 2.86. The smallest absolute Gasteiger partial charge is 0.311 e. The van der Waals surface area contributed by atoms with E-state index in [9.17, 15) is 18.3 Å². The molecule has 0 aromatic heterocycles. The van der Waals surface area contributed by atoms with Gasteiger partial charge in [-0.15, -0.1) is 0 Å². The van der Waals surface area contributed by atoms with E-state index in [4.69, 9.17) is 9.47 Å². The second kappa shape index (κ2) is 12.7. The Morgan fingerprint density at radius 1 is 1.00 bits per heavy atom. The van der Waals surface area contributed by atoms with Gasteiger partial charge in [-0.2, -0.15) is 0 Å². The molecule has 35 heavy (non-hydrogen) atoms. The van der Waals surface area contributed by atoms with Crippen LogP contribution in [-0.2, 0) is 14.8 Å². The van der Waals surface area contributed by atoms with Crippen LogP contribution >= 0.6 is 0 Å². The maximum absolute atomic E-state index is 12.5. The first-order chi connectivity index (χ1) is 16.9. The molecular weight excluding hydrogens is 466 g/mol. The molecule has 0 aliphatic carbocycles. The number of rotatable bonds is 12. The number of hydrogen-bond acceptors (Lipinski definition) is 6. The highest BCUT2D eigenvalue weighted by Gasteiger charge is 2.13. The van der Waals surface area contributed by atoms with Crippen LogP contribution in [0.15, 0.2) is 89.8 Å². The highest BCUT2D eigenvalue weighted by Crippen LogP contribution is 2.27. The Balaban J connectivity index is 1.49. The maximum atomic E-state index is 12.5. The van der Waals surface area contributed by atoms with Gasteiger partial charge in [-0.1, -0.05) is 61.5 Å². The van der Waals surface area contributed by atoms with Gasteiger partial charge in [0.25, 0.3) is 10.0 Å². The van der Waals surface area contributed by atoms with Crippen molar-refractivity contribution in [1.82, 2.24) is 0 Å². The van der Waals surface area contributed by atoms with Gasteiger partial charge in [0.05, 0.1) is 17.6 Å². The summed E-state index contributed by atoms with van der Waals surface area (Å²) in [5.74, 6) is 0.523. The van der Waals surface area contributed by atoms with E-state index in [2.05, 4.69) is 4.72 Å². The van der Waals surface area contributed by atoms with Crippen molar-refractivity contribution in [3.05, 3.63) is 90.5 Å². The number of anilines is 1. The fourth-order valence-electron chi connectivity index (χ4n) is 3.16. The summed E-state index contributed by atoms with van der Waals surface area (Å²) >= 11 is 0. The molecule has 3 rings (SSSR count). The largest absolute Gasteiger partial charge is 0.490 e. The van der Waals surface area contributed by atoms with Crippen LogP contribution in [0.4, 0.5) is 5.69 Å². The van der Waals surface area contributed by atoms with E-state index in [-0.39, 0.29) is 17.3 Å². The summed E-state index contributed by atoms with van der Waals surface area (Å²) in [6.45, 7) is 2.07. The molecule has 8 heteroatoms. The lowest BCUT2D eigenvalue weighted by atomic mass is 10.1. The van der Waals surface area contributed by atoms with Gasteiger partial charge in [0.1, 0.15) is 0 Å². The van der Waals surface area contributed by atoms with Crippen LogP contribution in [-0.4, -0.2) is 32.2 Å². The highest BCUT2D eigenvalue weighted by atomic mass is 32.2. The molecule has 1 unspecified atom stereocenters. The minimum absolute atomic E-state index is 0.185. The zero-order valence-corrected chi connectivity index (χ0v) is 20.3. The molecule has 0 radical (unpaired) electrons. The van der Waals surface area contributed by atoms with Crippen molar-refractivity contribution in [3.8, 4) is 11.5 Å². The van der Waals surface area contributed by atoms with Gasteiger partial charge in [0, 0.05) is 12.1 Å². The number of hydrogen-bond donors (Lipinski definition) is 2. The van der Waals surface area contributed by atoms with Crippen LogP contribution in [0.5, 0.6) is 11.5 Å². The van der Waals surface area contributed by atoms with Gasteiger partial charge in [-0.25, -0.2) is 8.42 Å². The molecule has 0 bridgehead atoms. The van der Waals surface area contributed by atoms with E-state index in [1.54, 1.807) is 79.7 Å². The fraction of sp³-hybridized carbons (Fsp3) is 0.222. The van der Waals surface area contributed by atoms with Crippen molar-refractivity contribution in [1.29, 1.82) is 0 Å². The van der Waals surface area contributed by atoms with Crippen LogP contribution in [0.2, 0.25) is 0 Å². The summed E-state index contributed by atoms with van der Waals surface area (Å²) in [4.78, 5) is 11.7. The van der Waals surface area contributed by atoms with Gasteiger partial charge >= 0.3 is 5.97 Å². The number of esters is 1. The number of aliphatic hydroxyl groups is 1. The Hall–Kier alpha value is -3.62. The molecule has 2 N–H and O–H groups in total. The lowest BCUT2D eigenvalue weighted by Crippen LogP contribution is -2.12. The topological polar surface area (TPSA) is 102 Å². The third kappa shape index (κ3) is 8.27. The van der Waals surface area contributed by atoms with Gasteiger partial charge in [-0.3, -0.25) is 9.52 Å². The van der Waals surface area contributed by atoms with E-state index < -0.39 is 16.1 Å². The first-order valence-electron chi connectivity index (χ1n) is 11.3. The first-order valence-corrected chi connectivity index (χ1v) is 12.8. The number of carbonyl (C=O) groups excluding carboxylic acids is 1. The average molecular weight is 496 g/mol. The Bertz CT molecular complexity index is 1240. The van der Waals surface area contributed by atoms with E-state index in [1.165, 1.54) is 12.1 Å². The molecule has 0 amide bonds. The minimum atomic E-state index is -3.68. The summed E-state index contributed by atoms with van der Waals surface area (Å²) in [7, 11) is -3.68. The fourth-order valence-corrected chi connectivity index (χ4v) is 4.23. The van der Waals surface area contributed by atoms with Crippen molar-refractivity contribution in [3.63, 3.8) is 0 Å². The molecule has 7 nitrogen and oxygen atoms in total.